The lowest BCUT2D eigenvalue weighted by molar-refractivity contribution is -0.139. The van der Waals surface area contributed by atoms with Crippen LogP contribution in [-0.4, -0.2) is 41.7 Å². The number of nitrogens with zero attached hydrogens (tertiary/aromatic N) is 1. The summed E-state index contributed by atoms with van der Waals surface area (Å²) in [5.41, 5.74) is 2.89. The van der Waals surface area contributed by atoms with Gasteiger partial charge in [0.2, 0.25) is 5.91 Å². The molecule has 38 heavy (non-hydrogen) atoms. The van der Waals surface area contributed by atoms with Crippen LogP contribution in [0.5, 0.6) is 0 Å². The topological polar surface area (TPSA) is 87.7 Å². The minimum atomic E-state index is -0.750. The van der Waals surface area contributed by atoms with Crippen molar-refractivity contribution in [2.24, 2.45) is 0 Å². The molecule has 1 aliphatic rings. The number of hydrogen-bond donors (Lipinski definition) is 2. The van der Waals surface area contributed by atoms with Crippen LogP contribution in [0.1, 0.15) is 37.4 Å². The van der Waals surface area contributed by atoms with E-state index in [-0.39, 0.29) is 24.3 Å². The molecular weight excluding hydrogens is 498 g/mol. The Hall–Kier alpha value is -4.04. The number of ether oxygens (including phenoxy) is 1. The number of thioether (sulfide) groups is 1. The van der Waals surface area contributed by atoms with Gasteiger partial charge in [0, 0.05) is 17.1 Å². The first kappa shape index (κ1) is 27.0. The molecule has 3 aromatic rings. The third kappa shape index (κ3) is 6.44. The number of nitrogens with one attached hydrogen (secondary N) is 2. The predicted molar refractivity (Wildman–Crippen MR) is 151 cm³/mol. The molecule has 3 amide bonds. The van der Waals surface area contributed by atoms with Crippen molar-refractivity contribution in [3.63, 3.8) is 0 Å². The molecule has 2 N–H and O–H groups in total. The van der Waals surface area contributed by atoms with Crippen molar-refractivity contribution in [2.45, 2.75) is 31.2 Å². The van der Waals surface area contributed by atoms with Crippen LogP contribution in [0.4, 0.5) is 10.5 Å². The average Bonchev–Trinajstić information content (AvgIpc) is 2.94. The summed E-state index contributed by atoms with van der Waals surface area (Å²) in [5.74, 6) is -0.387. The second-order valence-corrected chi connectivity index (χ2v) is 9.71. The van der Waals surface area contributed by atoms with Crippen LogP contribution < -0.4 is 10.6 Å². The van der Waals surface area contributed by atoms with Gasteiger partial charge in [-0.3, -0.25) is 9.69 Å². The van der Waals surface area contributed by atoms with Gasteiger partial charge in [-0.25, -0.2) is 9.59 Å². The van der Waals surface area contributed by atoms with E-state index in [1.54, 1.807) is 30.0 Å². The molecule has 8 heteroatoms. The van der Waals surface area contributed by atoms with Crippen LogP contribution in [0.2, 0.25) is 0 Å². The second kappa shape index (κ2) is 13.0. The minimum absolute atomic E-state index is 0.149. The van der Waals surface area contributed by atoms with E-state index in [2.05, 4.69) is 10.6 Å². The summed E-state index contributed by atoms with van der Waals surface area (Å²) in [7, 11) is 0. The molecule has 0 saturated heterocycles. The zero-order valence-corrected chi connectivity index (χ0v) is 22.3. The van der Waals surface area contributed by atoms with Gasteiger partial charge < -0.3 is 15.4 Å². The Labute approximate surface area is 227 Å². The van der Waals surface area contributed by atoms with Gasteiger partial charge in [0.15, 0.2) is 0 Å². The molecule has 0 radical (unpaired) electrons. The zero-order chi connectivity index (χ0) is 26.9. The van der Waals surface area contributed by atoms with E-state index in [0.29, 0.717) is 35.5 Å². The van der Waals surface area contributed by atoms with Crippen LogP contribution in [0.15, 0.2) is 95.4 Å². The fourth-order valence-corrected chi connectivity index (χ4v) is 5.05. The summed E-state index contributed by atoms with van der Waals surface area (Å²) in [6, 6.07) is 25.3. The zero-order valence-electron chi connectivity index (χ0n) is 21.5. The number of amides is 3. The van der Waals surface area contributed by atoms with E-state index in [1.807, 2.05) is 73.7 Å². The van der Waals surface area contributed by atoms with Crippen molar-refractivity contribution < 1.29 is 19.1 Å². The van der Waals surface area contributed by atoms with Crippen molar-refractivity contribution in [1.29, 1.82) is 0 Å². The van der Waals surface area contributed by atoms with Crippen LogP contribution >= 0.6 is 11.8 Å². The third-order valence-electron chi connectivity index (χ3n) is 5.93. The van der Waals surface area contributed by atoms with Crippen molar-refractivity contribution >= 4 is 41.1 Å². The summed E-state index contributed by atoms with van der Waals surface area (Å²) in [4.78, 5) is 41.9. The van der Waals surface area contributed by atoms with Crippen molar-refractivity contribution in [3.05, 3.63) is 102 Å². The number of carbonyl (C=O) groups is 3. The van der Waals surface area contributed by atoms with Crippen LogP contribution in [0, 0.1) is 0 Å². The maximum Gasteiger partial charge on any atom is 0.338 e. The molecule has 0 bridgehead atoms. The van der Waals surface area contributed by atoms with Gasteiger partial charge >= 0.3 is 12.0 Å². The van der Waals surface area contributed by atoms with E-state index >= 15 is 0 Å². The number of carbonyl (C=O) groups excluding carboxylic acids is 3. The highest BCUT2D eigenvalue weighted by Crippen LogP contribution is 2.37. The van der Waals surface area contributed by atoms with Crippen molar-refractivity contribution in [3.8, 4) is 0 Å². The molecule has 1 atom stereocenters. The van der Waals surface area contributed by atoms with Gasteiger partial charge in [-0.05, 0) is 48.7 Å². The Kier molecular flexibility index (Phi) is 9.21. The number of esters is 1. The molecule has 0 spiro atoms. The molecule has 3 aromatic carbocycles. The minimum Gasteiger partial charge on any atom is -0.463 e. The van der Waals surface area contributed by atoms with Crippen LogP contribution in [-0.2, 0) is 14.3 Å². The number of rotatable bonds is 10. The van der Waals surface area contributed by atoms with Crippen molar-refractivity contribution in [1.82, 2.24) is 10.2 Å². The smallest absolute Gasteiger partial charge is 0.338 e. The molecule has 0 aliphatic carbocycles. The van der Waals surface area contributed by atoms with Gasteiger partial charge in [-0.1, -0.05) is 67.6 Å². The largest absolute Gasteiger partial charge is 0.463 e. The molecule has 1 heterocycles. The highest BCUT2D eigenvalue weighted by Gasteiger charge is 2.38. The van der Waals surface area contributed by atoms with Crippen LogP contribution in [0.3, 0.4) is 0 Å². The highest BCUT2D eigenvalue weighted by molar-refractivity contribution is 8.00. The molecule has 7 nitrogen and oxygen atoms in total. The normalized spacial score (nSPS) is 15.2. The summed E-state index contributed by atoms with van der Waals surface area (Å²) in [5, 5.41) is 5.92. The van der Waals surface area contributed by atoms with Crippen LogP contribution in [0.25, 0.3) is 5.70 Å². The Bertz CT molecular complexity index is 1310. The standard InChI is InChI=1S/C30H31N3O4S/c1-3-18-33-28(21-12-7-5-8-13-21)26(29(35)37-4-2)27(32-30(33)36)22-14-11-15-23(19-22)31-25(34)20-38-24-16-9-6-10-17-24/h5-17,19,27H,3-4,18,20H2,1-2H3,(H,31,34)(H,32,36). The highest BCUT2D eigenvalue weighted by atomic mass is 32.2. The Morgan fingerprint density at radius 2 is 1.68 bits per heavy atom. The van der Waals surface area contributed by atoms with E-state index in [1.165, 1.54) is 11.8 Å². The first-order valence-electron chi connectivity index (χ1n) is 12.6. The molecule has 0 aromatic heterocycles. The monoisotopic (exact) mass is 529 g/mol. The van der Waals surface area contributed by atoms with Gasteiger partial charge in [0.05, 0.1) is 29.7 Å². The van der Waals surface area contributed by atoms with E-state index in [4.69, 9.17) is 4.74 Å². The Morgan fingerprint density at radius 3 is 2.37 bits per heavy atom. The van der Waals surface area contributed by atoms with Gasteiger partial charge in [-0.2, -0.15) is 0 Å². The van der Waals surface area contributed by atoms with Gasteiger partial charge in [0.25, 0.3) is 0 Å². The average molecular weight is 530 g/mol. The number of anilines is 1. The Morgan fingerprint density at radius 1 is 0.974 bits per heavy atom. The lowest BCUT2D eigenvalue weighted by atomic mass is 9.91. The summed E-state index contributed by atoms with van der Waals surface area (Å²) < 4.78 is 5.47. The molecule has 1 aliphatic heterocycles. The third-order valence-corrected chi connectivity index (χ3v) is 6.95. The summed E-state index contributed by atoms with van der Waals surface area (Å²) >= 11 is 1.45. The first-order chi connectivity index (χ1) is 18.5. The lowest BCUT2D eigenvalue weighted by Crippen LogP contribution is -2.48. The molecule has 1 unspecified atom stereocenters. The number of benzene rings is 3. The fraction of sp³-hybridized carbons (Fsp3) is 0.233. The van der Waals surface area contributed by atoms with Gasteiger partial charge in [-0.15, -0.1) is 11.8 Å². The van der Waals surface area contributed by atoms with E-state index in [9.17, 15) is 14.4 Å². The van der Waals surface area contributed by atoms with E-state index < -0.39 is 12.0 Å². The first-order valence-corrected chi connectivity index (χ1v) is 13.6. The molecule has 0 saturated carbocycles. The number of hydrogen-bond acceptors (Lipinski definition) is 5. The SMILES string of the molecule is CCCN1C(=O)NC(c2cccc(NC(=O)CSc3ccccc3)c2)C(C(=O)OCC)=C1c1ccccc1. The molecule has 0 fully saturated rings. The van der Waals surface area contributed by atoms with Crippen molar-refractivity contribution in [2.75, 3.05) is 24.2 Å². The molecule has 196 valence electrons. The fourth-order valence-electron chi connectivity index (χ4n) is 4.33. The summed E-state index contributed by atoms with van der Waals surface area (Å²) in [6.07, 6.45) is 0.715. The second-order valence-electron chi connectivity index (χ2n) is 8.66. The maximum atomic E-state index is 13.4. The molecular formula is C30H31N3O4S. The number of urea groups is 1. The Balaban J connectivity index is 1.68. The summed E-state index contributed by atoms with van der Waals surface area (Å²) in [6.45, 7) is 4.38. The predicted octanol–water partition coefficient (Wildman–Crippen LogP) is 5.87. The molecule has 4 rings (SSSR count). The maximum absolute atomic E-state index is 13.4. The lowest BCUT2D eigenvalue weighted by Gasteiger charge is -2.37. The van der Waals surface area contributed by atoms with Gasteiger partial charge in [0.1, 0.15) is 0 Å². The van der Waals surface area contributed by atoms with E-state index in [0.717, 1.165) is 10.5 Å². The quantitative estimate of drug-likeness (QED) is 0.253.